The van der Waals surface area contributed by atoms with Gasteiger partial charge in [0, 0.05) is 12.6 Å². The van der Waals surface area contributed by atoms with Crippen LogP contribution in [0, 0.1) is 0 Å². The van der Waals surface area contributed by atoms with Crippen molar-refractivity contribution in [2.24, 2.45) is 0 Å². The fourth-order valence-corrected chi connectivity index (χ4v) is 3.56. The number of hydrogen-bond donors (Lipinski definition) is 2. The minimum atomic E-state index is -1.26. The quantitative estimate of drug-likeness (QED) is 0.803. The van der Waals surface area contributed by atoms with E-state index in [-0.39, 0.29) is 23.8 Å². The van der Waals surface area contributed by atoms with Gasteiger partial charge in [0.05, 0.1) is 43.5 Å². The van der Waals surface area contributed by atoms with Gasteiger partial charge in [-0.15, -0.1) is 0 Å². The monoisotopic (exact) mass is 380 g/mol. The summed E-state index contributed by atoms with van der Waals surface area (Å²) < 4.78 is 12.6. The summed E-state index contributed by atoms with van der Waals surface area (Å²) in [6, 6.07) is 1.03. The molecule has 0 aromatic carbocycles. The molecule has 2 N–H and O–H groups in total. The lowest BCUT2D eigenvalue weighted by atomic mass is 9.89. The van der Waals surface area contributed by atoms with E-state index in [1.165, 1.54) is 16.8 Å². The number of aromatic nitrogens is 1. The molecular weight excluding hydrogens is 356 g/mol. The Balaban J connectivity index is 1.70. The molecule has 2 aliphatic rings. The van der Waals surface area contributed by atoms with E-state index >= 15 is 0 Å². The fourth-order valence-electron chi connectivity index (χ4n) is 3.56. The Bertz CT molecular complexity index is 818. The Labute approximate surface area is 156 Å². The average molecular weight is 380 g/mol. The van der Waals surface area contributed by atoms with Crippen LogP contribution < -0.4 is 5.56 Å². The number of carboxylic acid groups (broad SMARTS) is 1. The van der Waals surface area contributed by atoms with Gasteiger partial charge in [-0.1, -0.05) is 0 Å². The second-order valence-corrected chi connectivity index (χ2v) is 8.07. The second kappa shape index (κ2) is 6.65. The molecule has 1 aromatic rings. The summed E-state index contributed by atoms with van der Waals surface area (Å²) in [5.74, 6) is -1.26. The number of ether oxygens (including phenoxy) is 2. The van der Waals surface area contributed by atoms with Crippen LogP contribution in [0.4, 0.5) is 4.79 Å². The van der Waals surface area contributed by atoms with Crippen LogP contribution >= 0.6 is 0 Å². The first-order valence-corrected chi connectivity index (χ1v) is 8.75. The number of carbonyl (C=O) groups excluding carboxylic acids is 1. The van der Waals surface area contributed by atoms with Crippen molar-refractivity contribution in [3.05, 3.63) is 33.7 Å². The van der Waals surface area contributed by atoms with Crippen LogP contribution in [-0.4, -0.2) is 62.6 Å². The summed E-state index contributed by atoms with van der Waals surface area (Å²) in [6.45, 7) is 5.80. The highest BCUT2D eigenvalue weighted by molar-refractivity contribution is 5.89. The molecular formula is C18H24N2O7. The Morgan fingerprint density at radius 1 is 1.37 bits per heavy atom. The highest BCUT2D eigenvalue weighted by atomic mass is 16.6. The number of aromatic carboxylic acids is 1. The number of pyridine rings is 1. The van der Waals surface area contributed by atoms with Crippen molar-refractivity contribution in [1.29, 1.82) is 0 Å². The number of carbonyl (C=O) groups is 2. The molecule has 148 valence electrons. The molecule has 0 aliphatic carbocycles. The van der Waals surface area contributed by atoms with Crippen molar-refractivity contribution in [3.8, 4) is 0 Å². The molecule has 1 aromatic heterocycles. The molecule has 3 rings (SSSR count). The van der Waals surface area contributed by atoms with Gasteiger partial charge in [-0.3, -0.25) is 4.79 Å². The minimum absolute atomic E-state index is 0.144. The summed E-state index contributed by atoms with van der Waals surface area (Å²) >= 11 is 0. The standard InChI is InChI=1S/C18H24N2O7/c1-17(2,3)27-16(25)19-9-18(10-19)6-11(8-26-18)20-5-4-12(15(23)24)13(7-21)14(20)22/h4-5,11,21H,6-10H2,1-3H3,(H,23,24)/t11-/m1/s1. The number of nitrogens with zero attached hydrogens (tertiary/aromatic N) is 2. The molecule has 1 amide bonds. The smallest absolute Gasteiger partial charge is 0.410 e. The number of aliphatic hydroxyl groups excluding tert-OH is 1. The number of carboxylic acids is 1. The van der Waals surface area contributed by atoms with Crippen LogP contribution in [0.5, 0.6) is 0 Å². The largest absolute Gasteiger partial charge is 0.478 e. The van der Waals surface area contributed by atoms with Crippen molar-refractivity contribution in [2.75, 3.05) is 19.7 Å². The van der Waals surface area contributed by atoms with Gasteiger partial charge < -0.3 is 29.2 Å². The van der Waals surface area contributed by atoms with Crippen LogP contribution in [0.15, 0.2) is 17.1 Å². The summed E-state index contributed by atoms with van der Waals surface area (Å²) in [4.78, 5) is 37.4. The van der Waals surface area contributed by atoms with E-state index in [1.807, 2.05) is 0 Å². The van der Waals surface area contributed by atoms with Gasteiger partial charge in [0.25, 0.3) is 5.56 Å². The van der Waals surface area contributed by atoms with Crippen LogP contribution in [0.2, 0.25) is 0 Å². The van der Waals surface area contributed by atoms with Crippen LogP contribution in [0.1, 0.15) is 49.2 Å². The first-order valence-electron chi connectivity index (χ1n) is 8.75. The zero-order chi connectivity index (χ0) is 20.0. The van der Waals surface area contributed by atoms with Crippen molar-refractivity contribution in [1.82, 2.24) is 9.47 Å². The van der Waals surface area contributed by atoms with E-state index in [9.17, 15) is 19.5 Å². The Morgan fingerprint density at radius 2 is 2.04 bits per heavy atom. The highest BCUT2D eigenvalue weighted by Gasteiger charge is 2.52. The third-order valence-corrected chi connectivity index (χ3v) is 4.80. The number of amides is 1. The van der Waals surface area contributed by atoms with Gasteiger partial charge in [-0.05, 0) is 26.8 Å². The molecule has 1 spiro atoms. The van der Waals surface area contributed by atoms with Gasteiger partial charge in [-0.25, -0.2) is 9.59 Å². The molecule has 9 nitrogen and oxygen atoms in total. The van der Waals surface area contributed by atoms with Gasteiger partial charge in [0.1, 0.15) is 11.2 Å². The predicted octanol–water partition coefficient (Wildman–Crippen LogP) is 0.990. The summed E-state index contributed by atoms with van der Waals surface area (Å²) in [5.41, 5.74) is -1.97. The second-order valence-electron chi connectivity index (χ2n) is 8.07. The van der Waals surface area contributed by atoms with Crippen molar-refractivity contribution in [2.45, 2.75) is 51.0 Å². The summed E-state index contributed by atoms with van der Waals surface area (Å²) in [6.07, 6.45) is 1.54. The molecule has 2 saturated heterocycles. The van der Waals surface area contributed by atoms with E-state index in [2.05, 4.69) is 0 Å². The maximum atomic E-state index is 12.6. The van der Waals surface area contributed by atoms with Gasteiger partial charge in [-0.2, -0.15) is 0 Å². The van der Waals surface area contributed by atoms with Crippen LogP contribution in [0.25, 0.3) is 0 Å². The maximum Gasteiger partial charge on any atom is 0.410 e. The lowest BCUT2D eigenvalue weighted by molar-refractivity contribution is -0.109. The SMILES string of the molecule is CC(C)(C)OC(=O)N1CC2(C[C@@H](n3ccc(C(=O)O)c(CO)c3=O)CO2)C1. The lowest BCUT2D eigenvalue weighted by Crippen LogP contribution is -2.63. The molecule has 27 heavy (non-hydrogen) atoms. The maximum absolute atomic E-state index is 12.6. The molecule has 3 heterocycles. The topological polar surface area (TPSA) is 118 Å². The molecule has 0 saturated carbocycles. The zero-order valence-corrected chi connectivity index (χ0v) is 15.6. The van der Waals surface area contributed by atoms with Gasteiger partial charge in [0.15, 0.2) is 0 Å². The van der Waals surface area contributed by atoms with E-state index < -0.39 is 35.4 Å². The molecule has 0 bridgehead atoms. The minimum Gasteiger partial charge on any atom is -0.478 e. The first-order chi connectivity index (χ1) is 12.6. The van der Waals surface area contributed by atoms with Gasteiger partial charge >= 0.3 is 12.1 Å². The van der Waals surface area contributed by atoms with E-state index in [0.29, 0.717) is 19.5 Å². The molecule has 0 unspecified atom stereocenters. The normalized spacial score (nSPS) is 21.2. The third kappa shape index (κ3) is 3.70. The van der Waals surface area contributed by atoms with Crippen molar-refractivity contribution < 1.29 is 29.3 Å². The number of rotatable bonds is 3. The lowest BCUT2D eigenvalue weighted by Gasteiger charge is -2.46. The molecule has 0 radical (unpaired) electrons. The van der Waals surface area contributed by atoms with E-state index in [1.54, 1.807) is 25.7 Å². The average Bonchev–Trinajstić information content (AvgIpc) is 2.96. The Morgan fingerprint density at radius 3 is 2.59 bits per heavy atom. The van der Waals surface area contributed by atoms with Crippen molar-refractivity contribution >= 4 is 12.1 Å². The van der Waals surface area contributed by atoms with Crippen LogP contribution in [0.3, 0.4) is 0 Å². The molecule has 2 aliphatic heterocycles. The predicted molar refractivity (Wildman–Crippen MR) is 93.7 cm³/mol. The van der Waals surface area contributed by atoms with Gasteiger partial charge in [0.2, 0.25) is 0 Å². The van der Waals surface area contributed by atoms with Crippen LogP contribution in [-0.2, 0) is 16.1 Å². The highest BCUT2D eigenvalue weighted by Crippen LogP contribution is 2.40. The van der Waals surface area contributed by atoms with E-state index in [4.69, 9.17) is 14.6 Å². The number of aliphatic hydroxyl groups is 1. The first kappa shape index (κ1) is 19.4. The molecule has 9 heteroatoms. The number of hydrogen-bond acceptors (Lipinski definition) is 6. The Kier molecular flexibility index (Phi) is 4.77. The third-order valence-electron chi connectivity index (χ3n) is 4.80. The van der Waals surface area contributed by atoms with E-state index in [0.717, 1.165) is 0 Å². The Hall–Kier alpha value is -2.39. The number of likely N-dealkylation sites (tertiary alicyclic amines) is 1. The zero-order valence-electron chi connectivity index (χ0n) is 15.6. The summed E-state index contributed by atoms with van der Waals surface area (Å²) in [7, 11) is 0. The molecule has 2 fully saturated rings. The fraction of sp³-hybridized carbons (Fsp3) is 0.611. The van der Waals surface area contributed by atoms with Crippen molar-refractivity contribution in [3.63, 3.8) is 0 Å². The summed E-state index contributed by atoms with van der Waals surface area (Å²) in [5, 5.41) is 18.5. The molecule has 1 atom stereocenters.